The molecule has 0 radical (unpaired) electrons. The number of amides is 1. The summed E-state index contributed by atoms with van der Waals surface area (Å²) in [6.45, 7) is 4.21. The van der Waals surface area contributed by atoms with Gasteiger partial charge in [-0.05, 0) is 25.5 Å². The number of pyridine rings is 1. The summed E-state index contributed by atoms with van der Waals surface area (Å²) in [6.07, 6.45) is 5.61. The molecule has 1 amide bonds. The Labute approximate surface area is 133 Å². The highest BCUT2D eigenvalue weighted by molar-refractivity contribution is 6.35. The Morgan fingerprint density at radius 3 is 2.81 bits per heavy atom. The van der Waals surface area contributed by atoms with Crippen molar-refractivity contribution in [3.8, 4) is 5.69 Å². The molecule has 0 bridgehead atoms. The average molecular weight is 327 g/mol. The molecule has 0 fully saturated rings. The summed E-state index contributed by atoms with van der Waals surface area (Å²) in [5.41, 5.74) is 1.32. The number of hydrogen-bond donors (Lipinski definition) is 0. The molecule has 0 aliphatic rings. The van der Waals surface area contributed by atoms with Gasteiger partial charge in [0.25, 0.3) is 0 Å². The number of hydrogen-bond acceptors (Lipinski definition) is 3. The first-order valence-electron chi connectivity index (χ1n) is 6.69. The Morgan fingerprint density at radius 2 is 2.24 bits per heavy atom. The average Bonchev–Trinajstić information content (AvgIpc) is 2.90. The standard InChI is InChI=1S/C14H16Cl2N4O/c1-3-11(15)14(21)19(4-2)12-9-20(18-13(12)16)10-6-5-7-17-8-10/h5-9,11H,3-4H2,1-2H3. The van der Waals surface area contributed by atoms with Gasteiger partial charge in [-0.3, -0.25) is 9.78 Å². The molecule has 7 heteroatoms. The van der Waals surface area contributed by atoms with E-state index in [1.807, 2.05) is 19.9 Å². The van der Waals surface area contributed by atoms with Gasteiger partial charge in [0, 0.05) is 12.7 Å². The molecular weight excluding hydrogens is 311 g/mol. The summed E-state index contributed by atoms with van der Waals surface area (Å²) in [6, 6.07) is 3.66. The lowest BCUT2D eigenvalue weighted by atomic mass is 10.2. The van der Waals surface area contributed by atoms with Crippen LogP contribution in [-0.4, -0.2) is 32.6 Å². The van der Waals surface area contributed by atoms with Crippen molar-refractivity contribution in [3.63, 3.8) is 0 Å². The number of alkyl halides is 1. The van der Waals surface area contributed by atoms with Crippen LogP contribution in [-0.2, 0) is 4.79 Å². The number of aromatic nitrogens is 3. The molecule has 0 N–H and O–H groups in total. The first kappa shape index (κ1) is 15.8. The highest BCUT2D eigenvalue weighted by Crippen LogP contribution is 2.27. The van der Waals surface area contributed by atoms with E-state index in [-0.39, 0.29) is 11.1 Å². The van der Waals surface area contributed by atoms with Gasteiger partial charge in [0.2, 0.25) is 5.91 Å². The van der Waals surface area contributed by atoms with Crippen LogP contribution in [0.2, 0.25) is 5.15 Å². The van der Waals surface area contributed by atoms with Gasteiger partial charge < -0.3 is 4.90 Å². The largest absolute Gasteiger partial charge is 0.307 e. The quantitative estimate of drug-likeness (QED) is 0.792. The third-order valence-corrected chi connectivity index (χ3v) is 3.83. The highest BCUT2D eigenvalue weighted by atomic mass is 35.5. The van der Waals surface area contributed by atoms with Gasteiger partial charge in [0.15, 0.2) is 5.15 Å². The minimum Gasteiger partial charge on any atom is -0.307 e. The van der Waals surface area contributed by atoms with E-state index in [4.69, 9.17) is 23.2 Å². The Balaban J connectivity index is 2.35. The fourth-order valence-corrected chi connectivity index (χ4v) is 2.29. The molecule has 2 aromatic heterocycles. The minimum absolute atomic E-state index is 0.172. The summed E-state index contributed by atoms with van der Waals surface area (Å²) < 4.78 is 1.59. The zero-order valence-electron chi connectivity index (χ0n) is 11.8. The zero-order valence-corrected chi connectivity index (χ0v) is 13.3. The van der Waals surface area contributed by atoms with Crippen molar-refractivity contribution >= 4 is 34.8 Å². The molecule has 2 rings (SSSR count). The highest BCUT2D eigenvalue weighted by Gasteiger charge is 2.24. The second kappa shape index (κ2) is 6.91. The van der Waals surface area contributed by atoms with E-state index in [0.717, 1.165) is 5.69 Å². The van der Waals surface area contributed by atoms with Gasteiger partial charge in [0.05, 0.1) is 18.1 Å². The van der Waals surface area contributed by atoms with Crippen LogP contribution in [0.1, 0.15) is 20.3 Å². The fraction of sp³-hybridized carbons (Fsp3) is 0.357. The molecule has 0 aliphatic heterocycles. The van der Waals surface area contributed by atoms with E-state index >= 15 is 0 Å². The number of rotatable bonds is 5. The summed E-state index contributed by atoms with van der Waals surface area (Å²) in [4.78, 5) is 17.9. The molecule has 0 spiro atoms. The van der Waals surface area contributed by atoms with E-state index in [0.29, 0.717) is 18.7 Å². The van der Waals surface area contributed by atoms with Gasteiger partial charge >= 0.3 is 0 Å². The molecule has 0 saturated heterocycles. The van der Waals surface area contributed by atoms with Crippen LogP contribution in [0.4, 0.5) is 5.69 Å². The van der Waals surface area contributed by atoms with Crippen molar-refractivity contribution in [3.05, 3.63) is 35.9 Å². The molecule has 0 aliphatic carbocycles. The Hall–Kier alpha value is -1.59. The number of anilines is 1. The monoisotopic (exact) mass is 326 g/mol. The van der Waals surface area contributed by atoms with E-state index < -0.39 is 5.38 Å². The molecule has 1 atom stereocenters. The predicted octanol–water partition coefficient (Wildman–Crippen LogP) is 3.29. The lowest BCUT2D eigenvalue weighted by Crippen LogP contribution is -2.36. The van der Waals surface area contributed by atoms with Gasteiger partial charge in [-0.15, -0.1) is 11.6 Å². The van der Waals surface area contributed by atoms with E-state index in [2.05, 4.69) is 10.1 Å². The number of carbonyl (C=O) groups is 1. The maximum absolute atomic E-state index is 12.3. The first-order chi connectivity index (χ1) is 10.1. The van der Waals surface area contributed by atoms with E-state index in [9.17, 15) is 4.79 Å². The van der Waals surface area contributed by atoms with Crippen LogP contribution in [0.15, 0.2) is 30.7 Å². The van der Waals surface area contributed by atoms with Crippen LogP contribution in [0.5, 0.6) is 0 Å². The van der Waals surface area contributed by atoms with Crippen molar-refractivity contribution < 1.29 is 4.79 Å². The van der Waals surface area contributed by atoms with Crippen molar-refractivity contribution in [2.75, 3.05) is 11.4 Å². The number of halogens is 2. The molecule has 0 aromatic carbocycles. The number of nitrogens with zero attached hydrogens (tertiary/aromatic N) is 4. The topological polar surface area (TPSA) is 51.0 Å². The smallest absolute Gasteiger partial charge is 0.245 e. The number of carbonyl (C=O) groups excluding carboxylic acids is 1. The summed E-state index contributed by atoms with van der Waals surface area (Å²) in [7, 11) is 0. The van der Waals surface area contributed by atoms with Crippen molar-refractivity contribution in [1.29, 1.82) is 0 Å². The first-order valence-corrected chi connectivity index (χ1v) is 7.50. The van der Waals surface area contributed by atoms with Crippen molar-refractivity contribution in [1.82, 2.24) is 14.8 Å². The Bertz CT molecular complexity index is 615. The second-order valence-corrected chi connectivity index (χ2v) is 5.30. The van der Waals surface area contributed by atoms with Crippen LogP contribution in [0.25, 0.3) is 5.69 Å². The Kier molecular flexibility index (Phi) is 5.20. The maximum Gasteiger partial charge on any atom is 0.245 e. The summed E-state index contributed by atoms with van der Waals surface area (Å²) in [5.74, 6) is -0.172. The van der Waals surface area contributed by atoms with E-state index in [1.165, 1.54) is 0 Å². The molecule has 21 heavy (non-hydrogen) atoms. The van der Waals surface area contributed by atoms with Gasteiger partial charge in [-0.2, -0.15) is 5.10 Å². The third kappa shape index (κ3) is 3.36. The molecule has 1 unspecified atom stereocenters. The predicted molar refractivity (Wildman–Crippen MR) is 84.3 cm³/mol. The zero-order chi connectivity index (χ0) is 15.4. The summed E-state index contributed by atoms with van der Waals surface area (Å²) >= 11 is 12.2. The minimum atomic E-state index is -0.567. The van der Waals surface area contributed by atoms with Gasteiger partial charge in [-0.25, -0.2) is 4.68 Å². The Morgan fingerprint density at radius 1 is 1.48 bits per heavy atom. The molecular formula is C14H16Cl2N4O. The van der Waals surface area contributed by atoms with Crippen LogP contribution in [0.3, 0.4) is 0 Å². The normalized spacial score (nSPS) is 12.2. The fourth-order valence-electron chi connectivity index (χ4n) is 1.93. The SMILES string of the molecule is CCC(Cl)C(=O)N(CC)c1cn(-c2cccnc2)nc1Cl. The van der Waals surface area contributed by atoms with Crippen LogP contribution in [0, 0.1) is 0 Å². The third-order valence-electron chi connectivity index (χ3n) is 3.06. The van der Waals surface area contributed by atoms with E-state index in [1.54, 1.807) is 34.2 Å². The molecule has 5 nitrogen and oxygen atoms in total. The molecule has 2 heterocycles. The van der Waals surface area contributed by atoms with Crippen LogP contribution >= 0.6 is 23.2 Å². The molecule has 2 aromatic rings. The lowest BCUT2D eigenvalue weighted by Gasteiger charge is -2.21. The maximum atomic E-state index is 12.3. The van der Waals surface area contributed by atoms with Crippen LogP contribution < -0.4 is 4.90 Å². The summed E-state index contributed by atoms with van der Waals surface area (Å²) in [5, 5.41) is 3.91. The van der Waals surface area contributed by atoms with Gasteiger partial charge in [0.1, 0.15) is 11.1 Å². The van der Waals surface area contributed by atoms with Crippen molar-refractivity contribution in [2.45, 2.75) is 25.6 Å². The lowest BCUT2D eigenvalue weighted by molar-refractivity contribution is -0.118. The second-order valence-electron chi connectivity index (χ2n) is 4.42. The molecule has 0 saturated carbocycles. The molecule has 112 valence electrons. The van der Waals surface area contributed by atoms with Gasteiger partial charge in [-0.1, -0.05) is 18.5 Å². The van der Waals surface area contributed by atoms with Crippen molar-refractivity contribution in [2.24, 2.45) is 0 Å².